The lowest BCUT2D eigenvalue weighted by Gasteiger charge is -2.29. The number of benzene rings is 2. The van der Waals surface area contributed by atoms with Crippen molar-refractivity contribution in [2.45, 2.75) is 39.0 Å². The minimum atomic E-state index is -0.420. The van der Waals surface area contributed by atoms with Crippen LogP contribution in [0.15, 0.2) is 48.5 Å². The molecule has 0 spiro atoms. The van der Waals surface area contributed by atoms with E-state index in [9.17, 15) is 9.59 Å². The summed E-state index contributed by atoms with van der Waals surface area (Å²) in [4.78, 5) is 27.3. The molecular weight excluding hydrogens is 364 g/mol. The highest BCUT2D eigenvalue weighted by Crippen LogP contribution is 2.29. The monoisotopic (exact) mass is 394 g/mol. The molecule has 1 saturated heterocycles. The lowest BCUT2D eigenvalue weighted by Crippen LogP contribution is -2.31. The molecule has 154 valence electrons. The molecule has 0 aromatic heterocycles. The number of hydrogen-bond acceptors (Lipinski definition) is 4. The van der Waals surface area contributed by atoms with Gasteiger partial charge in [0.2, 0.25) is 5.91 Å². The van der Waals surface area contributed by atoms with Gasteiger partial charge in [-0.15, -0.1) is 0 Å². The maximum Gasteiger partial charge on any atom is 0.338 e. The van der Waals surface area contributed by atoms with Gasteiger partial charge in [-0.05, 0) is 68.5 Å². The number of likely N-dealkylation sites (N-methyl/N-ethyl adjacent to an activating group) is 1. The fourth-order valence-corrected chi connectivity index (χ4v) is 3.85. The van der Waals surface area contributed by atoms with Gasteiger partial charge >= 0.3 is 5.97 Å². The smallest absolute Gasteiger partial charge is 0.338 e. The Hall–Kier alpha value is -2.82. The summed E-state index contributed by atoms with van der Waals surface area (Å²) in [5.74, 6) is -0.802. The molecule has 1 aliphatic rings. The molecule has 1 aliphatic heterocycles. The summed E-state index contributed by atoms with van der Waals surface area (Å²) in [7, 11) is 0. The van der Waals surface area contributed by atoms with Crippen molar-refractivity contribution in [3.05, 3.63) is 65.2 Å². The minimum Gasteiger partial charge on any atom is -0.462 e. The van der Waals surface area contributed by atoms with Gasteiger partial charge in [0.1, 0.15) is 0 Å². The van der Waals surface area contributed by atoms with Crippen LogP contribution in [-0.4, -0.2) is 38.1 Å². The molecule has 0 saturated carbocycles. The first-order valence-corrected chi connectivity index (χ1v) is 10.5. The zero-order chi connectivity index (χ0) is 20.6. The van der Waals surface area contributed by atoms with E-state index in [4.69, 9.17) is 4.74 Å². The van der Waals surface area contributed by atoms with E-state index in [0.29, 0.717) is 18.7 Å². The zero-order valence-corrected chi connectivity index (χ0v) is 17.3. The van der Waals surface area contributed by atoms with E-state index < -0.39 is 5.92 Å². The van der Waals surface area contributed by atoms with Crippen LogP contribution < -0.4 is 10.2 Å². The Morgan fingerprint density at radius 2 is 1.72 bits per heavy atom. The van der Waals surface area contributed by atoms with Gasteiger partial charge in [-0.25, -0.2) is 4.79 Å². The van der Waals surface area contributed by atoms with Gasteiger partial charge in [0, 0.05) is 25.3 Å². The average molecular weight is 395 g/mol. The first-order chi connectivity index (χ1) is 14.1. The van der Waals surface area contributed by atoms with Gasteiger partial charge < -0.3 is 15.0 Å². The number of carbonyl (C=O) groups excluding carboxylic acids is 2. The van der Waals surface area contributed by atoms with Crippen LogP contribution in [0.5, 0.6) is 0 Å². The minimum absolute atomic E-state index is 0.0350. The molecule has 0 radical (unpaired) electrons. The van der Waals surface area contributed by atoms with Gasteiger partial charge in [0.05, 0.1) is 18.1 Å². The predicted octanol–water partition coefficient (Wildman–Crippen LogP) is 4.12. The molecule has 1 amide bonds. The molecule has 1 atom stereocenters. The van der Waals surface area contributed by atoms with E-state index in [1.807, 2.05) is 31.2 Å². The van der Waals surface area contributed by atoms with Crippen molar-refractivity contribution < 1.29 is 14.3 Å². The van der Waals surface area contributed by atoms with E-state index in [1.165, 1.54) is 24.9 Å². The molecular formula is C24H30N2O3. The summed E-state index contributed by atoms with van der Waals surface area (Å²) in [6.45, 7) is 6.73. The summed E-state index contributed by atoms with van der Waals surface area (Å²) in [5.41, 5.74) is 3.48. The molecule has 1 heterocycles. The van der Waals surface area contributed by atoms with Crippen molar-refractivity contribution in [3.63, 3.8) is 0 Å². The topological polar surface area (TPSA) is 58.6 Å². The number of rotatable bonds is 7. The Bertz CT molecular complexity index is 826. The first-order valence-electron chi connectivity index (χ1n) is 10.5. The van der Waals surface area contributed by atoms with Crippen LogP contribution in [0.2, 0.25) is 0 Å². The summed E-state index contributed by atoms with van der Waals surface area (Å²) >= 11 is 0. The van der Waals surface area contributed by atoms with Gasteiger partial charge in [-0.3, -0.25) is 4.79 Å². The van der Waals surface area contributed by atoms with Crippen LogP contribution in [0.1, 0.15) is 60.5 Å². The molecule has 0 bridgehead atoms. The van der Waals surface area contributed by atoms with E-state index in [2.05, 4.69) is 22.3 Å². The third kappa shape index (κ3) is 5.17. The van der Waals surface area contributed by atoms with Gasteiger partial charge in [-0.1, -0.05) is 24.3 Å². The number of hydrogen-bond donors (Lipinski definition) is 1. The summed E-state index contributed by atoms with van der Waals surface area (Å²) < 4.78 is 5.06. The largest absolute Gasteiger partial charge is 0.462 e. The lowest BCUT2D eigenvalue weighted by molar-refractivity contribution is -0.121. The van der Waals surface area contributed by atoms with Crippen LogP contribution in [0.25, 0.3) is 0 Å². The number of piperidine rings is 1. The average Bonchev–Trinajstić information content (AvgIpc) is 2.76. The first kappa shape index (κ1) is 20.9. The number of nitrogens with one attached hydrogen (secondary N) is 1. The second kappa shape index (κ2) is 10.1. The van der Waals surface area contributed by atoms with E-state index in [0.717, 1.165) is 24.2 Å². The Morgan fingerprint density at radius 1 is 1.00 bits per heavy atom. The van der Waals surface area contributed by atoms with E-state index >= 15 is 0 Å². The lowest BCUT2D eigenvalue weighted by atomic mass is 9.89. The number of carbonyl (C=O) groups is 2. The Balaban J connectivity index is 1.91. The third-order valence-corrected chi connectivity index (χ3v) is 5.29. The number of nitrogens with zero attached hydrogens (tertiary/aromatic N) is 1. The zero-order valence-electron chi connectivity index (χ0n) is 17.3. The quantitative estimate of drug-likeness (QED) is 0.718. The van der Waals surface area contributed by atoms with Crippen LogP contribution in [0.3, 0.4) is 0 Å². The van der Waals surface area contributed by atoms with Gasteiger partial charge in [-0.2, -0.15) is 0 Å². The van der Waals surface area contributed by atoms with E-state index in [-0.39, 0.29) is 11.9 Å². The fraction of sp³-hybridized carbons (Fsp3) is 0.417. The molecule has 2 aromatic carbocycles. The molecule has 29 heavy (non-hydrogen) atoms. The highest BCUT2D eigenvalue weighted by Gasteiger charge is 2.24. The molecule has 0 aliphatic carbocycles. The highest BCUT2D eigenvalue weighted by atomic mass is 16.5. The second-order valence-corrected chi connectivity index (χ2v) is 7.31. The number of anilines is 1. The second-order valence-electron chi connectivity index (χ2n) is 7.31. The van der Waals surface area contributed by atoms with Crippen LogP contribution >= 0.6 is 0 Å². The van der Waals surface area contributed by atoms with Crippen molar-refractivity contribution >= 4 is 17.6 Å². The molecule has 5 nitrogen and oxygen atoms in total. The Kier molecular flexibility index (Phi) is 7.28. The van der Waals surface area contributed by atoms with Gasteiger partial charge in [0.15, 0.2) is 0 Å². The van der Waals surface area contributed by atoms with Crippen molar-refractivity contribution in [2.75, 3.05) is 31.1 Å². The van der Waals surface area contributed by atoms with E-state index in [1.54, 1.807) is 19.1 Å². The molecule has 5 heteroatoms. The van der Waals surface area contributed by atoms with Crippen LogP contribution in [0.4, 0.5) is 5.69 Å². The Labute approximate surface area is 173 Å². The predicted molar refractivity (Wildman–Crippen MR) is 115 cm³/mol. The third-order valence-electron chi connectivity index (χ3n) is 5.29. The highest BCUT2D eigenvalue weighted by molar-refractivity contribution is 5.90. The summed E-state index contributed by atoms with van der Waals surface area (Å²) in [6, 6.07) is 15.4. The van der Waals surface area contributed by atoms with Crippen molar-refractivity contribution in [2.24, 2.45) is 0 Å². The maximum absolute atomic E-state index is 12.9. The normalized spacial score (nSPS) is 14.9. The molecule has 1 unspecified atom stereocenters. The molecule has 1 fully saturated rings. The number of amides is 1. The standard InChI is InChI=1S/C24H30N2O3/c1-3-25-23(27)22(18-11-13-19(14-12-18)24(28)29-4-2)20-9-8-10-21(17-20)26-15-6-5-7-16-26/h8-14,17,22H,3-7,15-16H2,1-2H3,(H,25,27). The van der Waals surface area contributed by atoms with Crippen molar-refractivity contribution in [1.82, 2.24) is 5.32 Å². The number of ether oxygens (including phenoxy) is 1. The summed E-state index contributed by atoms with van der Waals surface area (Å²) in [6.07, 6.45) is 3.70. The molecule has 2 aromatic rings. The van der Waals surface area contributed by atoms with Crippen LogP contribution in [0, 0.1) is 0 Å². The van der Waals surface area contributed by atoms with Gasteiger partial charge in [0.25, 0.3) is 0 Å². The molecule has 1 N–H and O–H groups in total. The van der Waals surface area contributed by atoms with Crippen molar-refractivity contribution in [1.29, 1.82) is 0 Å². The fourth-order valence-electron chi connectivity index (χ4n) is 3.85. The van der Waals surface area contributed by atoms with Crippen LogP contribution in [-0.2, 0) is 9.53 Å². The van der Waals surface area contributed by atoms with Crippen molar-refractivity contribution in [3.8, 4) is 0 Å². The SMILES string of the molecule is CCNC(=O)C(c1ccc(C(=O)OCC)cc1)c1cccc(N2CCCCC2)c1. The summed E-state index contributed by atoms with van der Waals surface area (Å²) in [5, 5.41) is 2.96. The maximum atomic E-state index is 12.9. The molecule has 3 rings (SSSR count). The number of esters is 1. The Morgan fingerprint density at radius 3 is 2.38 bits per heavy atom.